The van der Waals surface area contributed by atoms with Gasteiger partial charge in [-0.15, -0.1) is 0 Å². The number of likely N-dealkylation sites (N-methyl/N-ethyl adjacent to an activating group) is 1. The van der Waals surface area contributed by atoms with Crippen LogP contribution in [0.2, 0.25) is 0 Å². The molecule has 0 saturated carbocycles. The highest BCUT2D eigenvalue weighted by Crippen LogP contribution is 2.05. The lowest BCUT2D eigenvalue weighted by Crippen LogP contribution is -2.54. The molecule has 2 N–H and O–H groups in total. The van der Waals surface area contributed by atoms with Gasteiger partial charge in [-0.05, 0) is 20.4 Å². The lowest BCUT2D eigenvalue weighted by molar-refractivity contribution is 0.0812. The Bertz CT molecular complexity index is 167. The summed E-state index contributed by atoms with van der Waals surface area (Å²) in [7, 11) is 2.17. The molecule has 15 heavy (non-hydrogen) atoms. The van der Waals surface area contributed by atoms with Crippen LogP contribution in [0.1, 0.15) is 20.3 Å². The molecule has 90 valence electrons. The molecule has 4 heteroatoms. The molecule has 0 aromatic carbocycles. The van der Waals surface area contributed by atoms with Crippen molar-refractivity contribution in [3.05, 3.63) is 0 Å². The van der Waals surface area contributed by atoms with Gasteiger partial charge in [0.15, 0.2) is 0 Å². The van der Waals surface area contributed by atoms with Gasteiger partial charge in [0.1, 0.15) is 0 Å². The Labute approximate surface area is 93.2 Å². The van der Waals surface area contributed by atoms with Crippen LogP contribution in [0.4, 0.5) is 0 Å². The first-order valence-electron chi connectivity index (χ1n) is 5.97. The summed E-state index contributed by atoms with van der Waals surface area (Å²) in [6.45, 7) is 9.25. The molecule has 0 amide bonds. The fourth-order valence-corrected chi connectivity index (χ4v) is 1.97. The van der Waals surface area contributed by atoms with Gasteiger partial charge >= 0.3 is 0 Å². The third-order valence-electron chi connectivity index (χ3n) is 3.01. The van der Waals surface area contributed by atoms with Gasteiger partial charge in [0, 0.05) is 32.7 Å². The molecular weight excluding hydrogens is 190 g/mol. The van der Waals surface area contributed by atoms with Gasteiger partial charge in [0.05, 0.1) is 12.3 Å². The van der Waals surface area contributed by atoms with Crippen molar-refractivity contribution in [2.75, 3.05) is 39.8 Å². The average molecular weight is 215 g/mol. The Kier molecular flexibility index (Phi) is 5.53. The fraction of sp³-hybridized carbons (Fsp3) is 1.00. The standard InChI is InChI=1S/C11H25N3O/c1-4-11(12-9-10(2)15)14-7-5-13(3)6-8-14/h10-12,15H,4-9H2,1-3H3. The van der Waals surface area contributed by atoms with Gasteiger partial charge in [0.2, 0.25) is 0 Å². The predicted octanol–water partition coefficient (Wildman–Crippen LogP) is -0.0597. The van der Waals surface area contributed by atoms with E-state index in [1.54, 1.807) is 0 Å². The molecule has 1 rings (SSSR count). The molecule has 0 spiro atoms. The minimum Gasteiger partial charge on any atom is -0.392 e. The van der Waals surface area contributed by atoms with Crippen LogP contribution in [0, 0.1) is 0 Å². The van der Waals surface area contributed by atoms with Crippen molar-refractivity contribution in [1.82, 2.24) is 15.1 Å². The van der Waals surface area contributed by atoms with Gasteiger partial charge in [-0.2, -0.15) is 0 Å². The molecule has 1 heterocycles. The maximum absolute atomic E-state index is 9.25. The second kappa shape index (κ2) is 6.43. The third-order valence-corrected chi connectivity index (χ3v) is 3.01. The van der Waals surface area contributed by atoms with E-state index in [1.807, 2.05) is 6.92 Å². The summed E-state index contributed by atoms with van der Waals surface area (Å²) >= 11 is 0. The molecule has 1 aliphatic heterocycles. The first-order chi connectivity index (χ1) is 7.13. The second-order valence-electron chi connectivity index (χ2n) is 4.52. The van der Waals surface area contributed by atoms with Crippen LogP contribution in [-0.2, 0) is 0 Å². The largest absolute Gasteiger partial charge is 0.392 e. The minimum atomic E-state index is -0.258. The minimum absolute atomic E-state index is 0.258. The maximum Gasteiger partial charge on any atom is 0.0637 e. The van der Waals surface area contributed by atoms with E-state index in [1.165, 1.54) is 0 Å². The van der Waals surface area contributed by atoms with Crippen LogP contribution in [-0.4, -0.2) is 66.9 Å². The molecular formula is C11H25N3O. The third kappa shape index (κ3) is 4.47. The summed E-state index contributed by atoms with van der Waals surface area (Å²) in [5.41, 5.74) is 0. The van der Waals surface area contributed by atoms with E-state index in [-0.39, 0.29) is 6.10 Å². The molecule has 0 aliphatic carbocycles. The van der Waals surface area contributed by atoms with Crippen LogP contribution >= 0.6 is 0 Å². The Morgan fingerprint density at radius 3 is 2.33 bits per heavy atom. The van der Waals surface area contributed by atoms with E-state index in [0.29, 0.717) is 12.7 Å². The highest BCUT2D eigenvalue weighted by atomic mass is 16.3. The van der Waals surface area contributed by atoms with Crippen LogP contribution in [0.25, 0.3) is 0 Å². The van der Waals surface area contributed by atoms with E-state index in [0.717, 1.165) is 32.6 Å². The quantitative estimate of drug-likeness (QED) is 0.674. The normalized spacial score (nSPS) is 24.0. The molecule has 1 fully saturated rings. The molecule has 1 saturated heterocycles. The number of aliphatic hydroxyl groups excluding tert-OH is 1. The van der Waals surface area contributed by atoms with Gasteiger partial charge < -0.3 is 10.0 Å². The van der Waals surface area contributed by atoms with Crippen molar-refractivity contribution in [2.24, 2.45) is 0 Å². The first kappa shape index (κ1) is 12.9. The number of hydrogen-bond acceptors (Lipinski definition) is 4. The zero-order valence-electron chi connectivity index (χ0n) is 10.2. The number of piperazine rings is 1. The van der Waals surface area contributed by atoms with Crippen LogP contribution in [0.15, 0.2) is 0 Å². The van der Waals surface area contributed by atoms with E-state index < -0.39 is 0 Å². The van der Waals surface area contributed by atoms with Crippen molar-refractivity contribution in [3.8, 4) is 0 Å². The Morgan fingerprint density at radius 1 is 1.27 bits per heavy atom. The highest BCUT2D eigenvalue weighted by molar-refractivity contribution is 4.75. The first-order valence-corrected chi connectivity index (χ1v) is 5.97. The number of nitrogens with one attached hydrogen (secondary N) is 1. The Balaban J connectivity index is 2.31. The number of rotatable bonds is 5. The molecule has 0 radical (unpaired) electrons. The lowest BCUT2D eigenvalue weighted by Gasteiger charge is -2.38. The SMILES string of the molecule is CCC(NCC(C)O)N1CCN(C)CC1. The summed E-state index contributed by atoms with van der Waals surface area (Å²) < 4.78 is 0. The molecule has 0 aromatic rings. The number of nitrogens with zero attached hydrogens (tertiary/aromatic N) is 2. The average Bonchev–Trinajstić information content (AvgIpc) is 2.21. The van der Waals surface area contributed by atoms with Crippen LogP contribution in [0.5, 0.6) is 0 Å². The van der Waals surface area contributed by atoms with Crippen molar-refractivity contribution >= 4 is 0 Å². The van der Waals surface area contributed by atoms with Gasteiger partial charge in [0.25, 0.3) is 0 Å². The van der Waals surface area contributed by atoms with E-state index in [4.69, 9.17) is 0 Å². The maximum atomic E-state index is 9.25. The van der Waals surface area contributed by atoms with Crippen molar-refractivity contribution in [3.63, 3.8) is 0 Å². The molecule has 2 atom stereocenters. The molecule has 0 aromatic heterocycles. The number of hydrogen-bond donors (Lipinski definition) is 2. The van der Waals surface area contributed by atoms with Gasteiger partial charge in [-0.1, -0.05) is 6.92 Å². The zero-order chi connectivity index (χ0) is 11.3. The zero-order valence-corrected chi connectivity index (χ0v) is 10.2. The van der Waals surface area contributed by atoms with E-state index >= 15 is 0 Å². The van der Waals surface area contributed by atoms with Gasteiger partial charge in [-0.3, -0.25) is 10.2 Å². The Hall–Kier alpha value is -0.160. The molecule has 4 nitrogen and oxygen atoms in total. The monoisotopic (exact) mass is 215 g/mol. The molecule has 2 unspecified atom stereocenters. The van der Waals surface area contributed by atoms with Crippen molar-refractivity contribution < 1.29 is 5.11 Å². The number of aliphatic hydroxyl groups is 1. The summed E-state index contributed by atoms with van der Waals surface area (Å²) in [6, 6.07) is 0. The van der Waals surface area contributed by atoms with Crippen molar-refractivity contribution in [2.45, 2.75) is 32.5 Å². The summed E-state index contributed by atoms with van der Waals surface area (Å²) in [5, 5.41) is 12.7. The molecule has 1 aliphatic rings. The van der Waals surface area contributed by atoms with E-state index in [2.05, 4.69) is 29.1 Å². The topological polar surface area (TPSA) is 38.7 Å². The summed E-state index contributed by atoms with van der Waals surface area (Å²) in [5.74, 6) is 0. The lowest BCUT2D eigenvalue weighted by atomic mass is 10.2. The second-order valence-corrected chi connectivity index (χ2v) is 4.52. The van der Waals surface area contributed by atoms with E-state index in [9.17, 15) is 5.11 Å². The highest BCUT2D eigenvalue weighted by Gasteiger charge is 2.20. The summed E-state index contributed by atoms with van der Waals surface area (Å²) in [4.78, 5) is 4.83. The smallest absolute Gasteiger partial charge is 0.0637 e. The Morgan fingerprint density at radius 2 is 1.87 bits per heavy atom. The molecule has 0 bridgehead atoms. The van der Waals surface area contributed by atoms with Crippen LogP contribution in [0.3, 0.4) is 0 Å². The van der Waals surface area contributed by atoms with Gasteiger partial charge in [-0.25, -0.2) is 0 Å². The summed E-state index contributed by atoms with van der Waals surface area (Å²) in [6.07, 6.45) is 1.26. The van der Waals surface area contributed by atoms with Crippen LogP contribution < -0.4 is 5.32 Å². The predicted molar refractivity (Wildman–Crippen MR) is 62.8 cm³/mol. The van der Waals surface area contributed by atoms with Crippen molar-refractivity contribution in [1.29, 1.82) is 0 Å². The fourth-order valence-electron chi connectivity index (χ4n) is 1.97.